The maximum Gasteiger partial charge on any atom is 0.159 e. The summed E-state index contributed by atoms with van der Waals surface area (Å²) in [6, 6.07) is 65.2. The van der Waals surface area contributed by atoms with Crippen molar-refractivity contribution in [2.45, 2.75) is 57.8 Å². The molecule has 0 N–H and O–H groups in total. The van der Waals surface area contributed by atoms with E-state index in [1.54, 1.807) is 0 Å². The summed E-state index contributed by atoms with van der Waals surface area (Å²) in [5, 5.41) is 2.24. The van der Waals surface area contributed by atoms with Gasteiger partial charge in [-0.25, -0.2) is 0 Å². The van der Waals surface area contributed by atoms with Crippen molar-refractivity contribution in [2.24, 2.45) is 11.8 Å². The van der Waals surface area contributed by atoms with Crippen LogP contribution in [-0.4, -0.2) is 0 Å². The van der Waals surface area contributed by atoms with Crippen LogP contribution in [-0.2, 0) is 10.8 Å². The Hall–Kier alpha value is -6.90. The summed E-state index contributed by atoms with van der Waals surface area (Å²) >= 11 is 0. The third-order valence-electron chi connectivity index (χ3n) is 15.3. The summed E-state index contributed by atoms with van der Waals surface area (Å²) < 4.78 is 6.79. The summed E-state index contributed by atoms with van der Waals surface area (Å²) in [4.78, 5) is 2.44. The van der Waals surface area contributed by atoms with Crippen LogP contribution in [0, 0.1) is 11.8 Å². The van der Waals surface area contributed by atoms with Gasteiger partial charge in [0.2, 0.25) is 0 Å². The number of hydrogen-bond acceptors (Lipinski definition) is 2. The molecule has 3 aliphatic rings. The first-order chi connectivity index (χ1) is 30.8. The molecule has 0 bridgehead atoms. The number of allylic oxidation sites excluding steroid dienone is 1. The lowest BCUT2D eigenvalue weighted by Crippen LogP contribution is -2.40. The average molecular weight is 814 g/mol. The number of furan rings is 1. The molecule has 306 valence electrons. The zero-order chi connectivity index (χ0) is 42.6. The lowest BCUT2D eigenvalue weighted by Gasteiger charge is -2.46. The van der Waals surface area contributed by atoms with Gasteiger partial charge >= 0.3 is 0 Å². The second-order valence-electron chi connectivity index (χ2n) is 18.9. The van der Waals surface area contributed by atoms with Crippen LogP contribution < -0.4 is 4.90 Å². The van der Waals surface area contributed by atoms with Crippen LogP contribution in [0.2, 0.25) is 0 Å². The van der Waals surface area contributed by atoms with E-state index >= 15 is 0 Å². The number of anilines is 3. The second-order valence-corrected chi connectivity index (χ2v) is 18.9. The Morgan fingerprint density at radius 1 is 0.571 bits per heavy atom. The number of para-hydroxylation sites is 2. The van der Waals surface area contributed by atoms with Gasteiger partial charge in [0.05, 0.1) is 11.4 Å². The summed E-state index contributed by atoms with van der Waals surface area (Å²) in [5.74, 6) is 1.16. The smallest absolute Gasteiger partial charge is 0.159 e. The first-order valence-corrected chi connectivity index (χ1v) is 22.8. The third-order valence-corrected chi connectivity index (χ3v) is 15.3. The van der Waals surface area contributed by atoms with E-state index in [4.69, 9.17) is 11.0 Å². The van der Waals surface area contributed by atoms with Gasteiger partial charge in [0.1, 0.15) is 5.58 Å². The number of nitrogens with zero attached hydrogens (tertiary/aromatic N) is 1. The van der Waals surface area contributed by atoms with Crippen LogP contribution >= 0.6 is 0 Å². The molecular weight excluding hydrogens is 763 g/mol. The molecule has 3 atom stereocenters. The van der Waals surface area contributed by atoms with Crippen LogP contribution in [0.1, 0.15) is 69.2 Å². The van der Waals surface area contributed by atoms with Crippen molar-refractivity contribution in [3.63, 3.8) is 0 Å². The minimum Gasteiger partial charge on any atom is -0.454 e. The highest BCUT2D eigenvalue weighted by Crippen LogP contribution is 2.61. The minimum absolute atomic E-state index is 0.137. The van der Waals surface area contributed by atoms with Gasteiger partial charge < -0.3 is 9.32 Å². The van der Waals surface area contributed by atoms with Crippen molar-refractivity contribution in [3.05, 3.63) is 210 Å². The van der Waals surface area contributed by atoms with Gasteiger partial charge in [0.25, 0.3) is 0 Å². The number of hydrogen-bond donors (Lipinski definition) is 0. The molecule has 0 aliphatic heterocycles. The Balaban J connectivity index is 1.01. The van der Waals surface area contributed by atoms with Gasteiger partial charge in [0.15, 0.2) is 5.58 Å². The fraction of sp³-hybridized carbons (Fsp3) is 0.180. The topological polar surface area (TPSA) is 16.4 Å². The molecule has 1 fully saturated rings. The maximum atomic E-state index is 6.79. The van der Waals surface area contributed by atoms with Crippen molar-refractivity contribution in [2.75, 3.05) is 4.90 Å². The normalized spacial score (nSPS) is 19.3. The van der Waals surface area contributed by atoms with E-state index in [1.807, 2.05) is 0 Å². The first-order valence-electron chi connectivity index (χ1n) is 22.8. The zero-order valence-electron chi connectivity index (χ0n) is 36.6. The van der Waals surface area contributed by atoms with Gasteiger partial charge in [-0.05, 0) is 128 Å². The Kier molecular flexibility index (Phi) is 8.44. The summed E-state index contributed by atoms with van der Waals surface area (Å²) in [6.45, 7) is 14.4. The van der Waals surface area contributed by atoms with E-state index < -0.39 is 0 Å². The molecule has 1 spiro atoms. The third kappa shape index (κ3) is 5.43. The van der Waals surface area contributed by atoms with E-state index in [2.05, 4.69) is 209 Å². The molecule has 3 aliphatic carbocycles. The summed E-state index contributed by atoms with van der Waals surface area (Å²) in [7, 11) is 0. The molecule has 0 saturated heterocycles. The first kappa shape index (κ1) is 37.8. The molecular formula is C61H51NO. The standard InChI is InChI=1S/C61H51NO/c1-6-40-33-38(2)61(39(3)34-40)52-26-11-7-21-46(52)47-32-31-44(37-54(47)61)42-18-13-17-41(35-42)43-19-14-20-45(36-43)62(56-29-15-24-49-48-22-9-12-30-57(48)63-59(49)56)55-28-16-27-53-58(55)50-23-8-10-25-51(50)60(53,4)5/h7-32,35-37,39-40H,2,6,33-34H2,1,3-5H3. The van der Waals surface area contributed by atoms with Crippen LogP contribution in [0.3, 0.4) is 0 Å². The lowest BCUT2D eigenvalue weighted by molar-refractivity contribution is 0.248. The molecule has 1 aromatic heterocycles. The number of rotatable bonds is 6. The Morgan fingerprint density at radius 3 is 2.00 bits per heavy atom. The largest absolute Gasteiger partial charge is 0.454 e. The van der Waals surface area contributed by atoms with Crippen LogP contribution in [0.4, 0.5) is 17.1 Å². The molecule has 2 nitrogen and oxygen atoms in total. The van der Waals surface area contributed by atoms with Crippen molar-refractivity contribution < 1.29 is 4.42 Å². The van der Waals surface area contributed by atoms with Crippen LogP contribution in [0.15, 0.2) is 192 Å². The highest BCUT2D eigenvalue weighted by Gasteiger charge is 2.51. The van der Waals surface area contributed by atoms with Crippen molar-refractivity contribution in [1.82, 2.24) is 0 Å². The van der Waals surface area contributed by atoms with Gasteiger partial charge in [-0.3, -0.25) is 0 Å². The maximum absolute atomic E-state index is 6.79. The highest BCUT2D eigenvalue weighted by molar-refractivity contribution is 6.11. The molecule has 1 saturated carbocycles. The van der Waals surface area contributed by atoms with Crippen LogP contribution in [0.25, 0.3) is 66.4 Å². The molecule has 63 heavy (non-hydrogen) atoms. The molecule has 2 heteroatoms. The second kappa shape index (κ2) is 14.1. The zero-order valence-corrected chi connectivity index (χ0v) is 36.6. The molecule has 0 amide bonds. The SMILES string of the molecule is C=C1CC(CC)CC(C)C12c1ccccc1-c1ccc(-c3cccc(-c4cccc(N(c5cccc6c5-c5ccccc5C6(C)C)c5cccc6c5oc5ccccc56)c4)c3)cc12. The fourth-order valence-electron chi connectivity index (χ4n) is 12.3. The minimum atomic E-state index is -0.168. The van der Waals surface area contributed by atoms with Crippen molar-refractivity contribution in [1.29, 1.82) is 0 Å². The highest BCUT2D eigenvalue weighted by atomic mass is 16.3. The Labute approximate surface area is 371 Å². The van der Waals surface area contributed by atoms with Gasteiger partial charge in [0, 0.05) is 32.9 Å². The molecule has 8 aromatic carbocycles. The van der Waals surface area contributed by atoms with Crippen molar-refractivity contribution >= 4 is 39.0 Å². The van der Waals surface area contributed by atoms with E-state index in [-0.39, 0.29) is 10.8 Å². The molecule has 9 aromatic rings. The quantitative estimate of drug-likeness (QED) is 0.156. The fourth-order valence-corrected chi connectivity index (χ4v) is 12.3. The van der Waals surface area contributed by atoms with E-state index in [1.165, 1.54) is 79.6 Å². The summed E-state index contributed by atoms with van der Waals surface area (Å²) in [5.41, 5.74) is 21.7. The molecule has 1 heterocycles. The van der Waals surface area contributed by atoms with Gasteiger partial charge in [-0.15, -0.1) is 0 Å². The number of benzene rings is 8. The average Bonchev–Trinajstić information content (AvgIpc) is 3.93. The van der Waals surface area contributed by atoms with Crippen LogP contribution in [0.5, 0.6) is 0 Å². The van der Waals surface area contributed by atoms with Crippen molar-refractivity contribution in [3.8, 4) is 44.5 Å². The Bertz CT molecular complexity index is 3330. The molecule has 0 radical (unpaired) electrons. The predicted octanol–water partition coefficient (Wildman–Crippen LogP) is 17.0. The number of fused-ring (bicyclic) bond motifs is 11. The van der Waals surface area contributed by atoms with E-state index in [9.17, 15) is 0 Å². The monoisotopic (exact) mass is 813 g/mol. The lowest BCUT2D eigenvalue weighted by atomic mass is 9.57. The van der Waals surface area contributed by atoms with E-state index in [0.29, 0.717) is 11.8 Å². The molecule has 12 rings (SSSR count). The summed E-state index contributed by atoms with van der Waals surface area (Å²) in [6.07, 6.45) is 3.51. The van der Waals surface area contributed by atoms with Gasteiger partial charge in [-0.1, -0.05) is 180 Å². The predicted molar refractivity (Wildman–Crippen MR) is 264 cm³/mol. The van der Waals surface area contributed by atoms with Gasteiger partial charge in [-0.2, -0.15) is 0 Å². The van der Waals surface area contributed by atoms with E-state index in [0.717, 1.165) is 51.0 Å². The Morgan fingerprint density at radius 2 is 1.19 bits per heavy atom. The molecule has 3 unspecified atom stereocenters.